The fourth-order valence-corrected chi connectivity index (χ4v) is 4.51. The van der Waals surface area contributed by atoms with Crippen LogP contribution in [0.2, 0.25) is 0 Å². The van der Waals surface area contributed by atoms with Gasteiger partial charge in [-0.1, -0.05) is 12.1 Å². The van der Waals surface area contributed by atoms with E-state index in [0.717, 1.165) is 28.5 Å². The Balaban J connectivity index is 1.66. The average Bonchev–Trinajstić information content (AvgIpc) is 3.44. The number of halogens is 1. The standard InChI is InChI=1S/C25H21FN4OS/c1-31-20-7-4-6-19(16-20)30-24(23(28-25(30)32)21-8-2-3-14-27-21)22-9-5-15-29(22)18-12-10-17(26)11-13-18/h2-16,23-24H,1H3,(H,28,32)/t23-,24-/m0/s1. The van der Waals surface area contributed by atoms with Crippen LogP contribution in [0.5, 0.6) is 5.75 Å². The number of hydrogen-bond donors (Lipinski definition) is 1. The Morgan fingerprint density at radius 2 is 1.81 bits per heavy atom. The van der Waals surface area contributed by atoms with Gasteiger partial charge in [0.2, 0.25) is 0 Å². The van der Waals surface area contributed by atoms with E-state index in [-0.39, 0.29) is 17.9 Å². The Bertz CT molecular complexity index is 1240. The van der Waals surface area contributed by atoms with Gasteiger partial charge >= 0.3 is 0 Å². The van der Waals surface area contributed by atoms with Crippen LogP contribution in [-0.2, 0) is 0 Å². The Kier molecular flexibility index (Phi) is 5.33. The SMILES string of the molecule is COc1cccc(N2C(=S)N[C@@H](c3ccccn3)[C@@H]2c2cccn2-c2ccc(F)cc2)c1. The van der Waals surface area contributed by atoms with Crippen molar-refractivity contribution >= 4 is 23.0 Å². The molecule has 1 N–H and O–H groups in total. The molecule has 0 amide bonds. The Morgan fingerprint density at radius 3 is 2.56 bits per heavy atom. The van der Waals surface area contributed by atoms with Gasteiger partial charge in [-0.05, 0) is 72.9 Å². The van der Waals surface area contributed by atoms with Gasteiger partial charge in [0.25, 0.3) is 0 Å². The van der Waals surface area contributed by atoms with Gasteiger partial charge in [-0.15, -0.1) is 0 Å². The second kappa shape index (κ2) is 8.43. The summed E-state index contributed by atoms with van der Waals surface area (Å²) in [5.41, 5.74) is 3.67. The number of nitrogens with zero attached hydrogens (tertiary/aromatic N) is 3. The van der Waals surface area contributed by atoms with Crippen LogP contribution in [0.1, 0.15) is 23.5 Å². The van der Waals surface area contributed by atoms with Crippen molar-refractivity contribution in [1.82, 2.24) is 14.9 Å². The lowest BCUT2D eigenvalue weighted by Gasteiger charge is -2.29. The highest BCUT2D eigenvalue weighted by molar-refractivity contribution is 7.80. The minimum absolute atomic E-state index is 0.177. The maximum atomic E-state index is 13.6. The number of benzene rings is 2. The topological polar surface area (TPSA) is 42.3 Å². The van der Waals surface area contributed by atoms with Crippen molar-refractivity contribution in [3.05, 3.63) is 108 Å². The molecular formula is C25H21FN4OS. The van der Waals surface area contributed by atoms with Gasteiger partial charge < -0.3 is 19.5 Å². The normalized spacial score (nSPS) is 17.9. The molecule has 0 spiro atoms. The monoisotopic (exact) mass is 444 g/mol. The van der Waals surface area contributed by atoms with Crippen LogP contribution >= 0.6 is 12.2 Å². The molecule has 32 heavy (non-hydrogen) atoms. The summed E-state index contributed by atoms with van der Waals surface area (Å²) in [6.07, 6.45) is 3.76. The maximum absolute atomic E-state index is 13.6. The van der Waals surface area contributed by atoms with E-state index in [1.807, 2.05) is 54.7 Å². The van der Waals surface area contributed by atoms with Gasteiger partial charge in [-0.25, -0.2) is 4.39 Å². The van der Waals surface area contributed by atoms with Crippen LogP contribution in [0.4, 0.5) is 10.1 Å². The molecule has 5 nitrogen and oxygen atoms in total. The summed E-state index contributed by atoms with van der Waals surface area (Å²) in [7, 11) is 1.65. The van der Waals surface area contributed by atoms with Crippen molar-refractivity contribution in [3.8, 4) is 11.4 Å². The Labute approximate surface area is 191 Å². The predicted molar refractivity (Wildman–Crippen MR) is 127 cm³/mol. The van der Waals surface area contributed by atoms with Crippen LogP contribution in [0, 0.1) is 5.82 Å². The molecule has 4 aromatic rings. The summed E-state index contributed by atoms with van der Waals surface area (Å²) in [6.45, 7) is 0. The molecule has 160 valence electrons. The summed E-state index contributed by atoms with van der Waals surface area (Å²) in [6, 6.07) is 23.8. The van der Waals surface area contributed by atoms with Gasteiger partial charge in [-0.2, -0.15) is 0 Å². The highest BCUT2D eigenvalue weighted by Gasteiger charge is 2.42. The summed E-state index contributed by atoms with van der Waals surface area (Å²) in [5, 5.41) is 4.07. The lowest BCUT2D eigenvalue weighted by molar-refractivity contribution is 0.414. The van der Waals surface area contributed by atoms with Gasteiger partial charge in [0.15, 0.2) is 5.11 Å². The second-order valence-electron chi connectivity index (χ2n) is 7.48. The molecule has 0 radical (unpaired) electrons. The van der Waals surface area contributed by atoms with E-state index < -0.39 is 0 Å². The van der Waals surface area contributed by atoms with Crippen LogP contribution < -0.4 is 15.0 Å². The van der Waals surface area contributed by atoms with Crippen molar-refractivity contribution in [2.24, 2.45) is 0 Å². The maximum Gasteiger partial charge on any atom is 0.174 e. The minimum Gasteiger partial charge on any atom is -0.497 e. The molecule has 0 unspecified atom stereocenters. The van der Waals surface area contributed by atoms with Crippen molar-refractivity contribution in [2.75, 3.05) is 12.0 Å². The van der Waals surface area contributed by atoms with E-state index in [2.05, 4.69) is 25.8 Å². The summed E-state index contributed by atoms with van der Waals surface area (Å²) >= 11 is 5.79. The molecule has 7 heteroatoms. The third-order valence-electron chi connectivity index (χ3n) is 5.62. The fraction of sp³-hybridized carbons (Fsp3) is 0.120. The van der Waals surface area contributed by atoms with Crippen molar-refractivity contribution < 1.29 is 9.13 Å². The number of methoxy groups -OCH3 is 1. The van der Waals surface area contributed by atoms with Gasteiger partial charge in [0.05, 0.1) is 18.8 Å². The minimum atomic E-state index is -0.268. The van der Waals surface area contributed by atoms with E-state index >= 15 is 0 Å². The smallest absolute Gasteiger partial charge is 0.174 e. The summed E-state index contributed by atoms with van der Waals surface area (Å²) in [5.74, 6) is 0.481. The fourth-order valence-electron chi connectivity index (χ4n) is 4.17. The molecule has 0 bridgehead atoms. The van der Waals surface area contributed by atoms with Gasteiger partial charge in [0.1, 0.15) is 17.6 Å². The first-order chi connectivity index (χ1) is 15.7. The molecule has 2 aromatic carbocycles. The van der Waals surface area contributed by atoms with Crippen LogP contribution in [0.15, 0.2) is 91.3 Å². The number of thiocarbonyl (C=S) groups is 1. The largest absolute Gasteiger partial charge is 0.497 e. The number of aromatic nitrogens is 2. The van der Waals surface area contributed by atoms with E-state index in [1.54, 1.807) is 25.4 Å². The number of hydrogen-bond acceptors (Lipinski definition) is 3. The average molecular weight is 445 g/mol. The van der Waals surface area contributed by atoms with E-state index in [9.17, 15) is 4.39 Å². The molecule has 2 atom stereocenters. The molecule has 1 aliphatic rings. The lowest BCUT2D eigenvalue weighted by atomic mass is 10.0. The highest BCUT2D eigenvalue weighted by Crippen LogP contribution is 2.42. The zero-order chi connectivity index (χ0) is 22.1. The van der Waals surface area contributed by atoms with E-state index in [1.165, 1.54) is 12.1 Å². The van der Waals surface area contributed by atoms with E-state index in [4.69, 9.17) is 17.0 Å². The number of anilines is 1. The molecule has 1 fully saturated rings. The lowest BCUT2D eigenvalue weighted by Crippen LogP contribution is -2.30. The number of ether oxygens (including phenoxy) is 1. The first-order valence-electron chi connectivity index (χ1n) is 10.2. The second-order valence-corrected chi connectivity index (χ2v) is 7.86. The summed E-state index contributed by atoms with van der Waals surface area (Å²) in [4.78, 5) is 6.69. The molecule has 3 heterocycles. The first kappa shape index (κ1) is 20.2. The third kappa shape index (κ3) is 3.61. The van der Waals surface area contributed by atoms with Crippen molar-refractivity contribution in [3.63, 3.8) is 0 Å². The van der Waals surface area contributed by atoms with Crippen LogP contribution in [0.25, 0.3) is 5.69 Å². The third-order valence-corrected chi connectivity index (χ3v) is 5.93. The predicted octanol–water partition coefficient (Wildman–Crippen LogP) is 5.20. The molecule has 0 saturated carbocycles. The molecule has 0 aliphatic carbocycles. The molecule has 5 rings (SSSR count). The van der Waals surface area contributed by atoms with Gasteiger partial charge in [0, 0.05) is 35.5 Å². The zero-order valence-electron chi connectivity index (χ0n) is 17.4. The molecule has 1 saturated heterocycles. The number of rotatable bonds is 5. The van der Waals surface area contributed by atoms with Crippen molar-refractivity contribution in [2.45, 2.75) is 12.1 Å². The molecule has 1 aliphatic heterocycles. The van der Waals surface area contributed by atoms with Gasteiger partial charge in [-0.3, -0.25) is 4.98 Å². The summed E-state index contributed by atoms with van der Waals surface area (Å²) < 4.78 is 21.1. The highest BCUT2D eigenvalue weighted by atomic mass is 32.1. The quantitative estimate of drug-likeness (QED) is 0.429. The van der Waals surface area contributed by atoms with Crippen molar-refractivity contribution in [1.29, 1.82) is 0 Å². The van der Waals surface area contributed by atoms with E-state index in [0.29, 0.717) is 5.11 Å². The van der Waals surface area contributed by atoms with Crippen LogP contribution in [-0.4, -0.2) is 21.8 Å². The molecule has 2 aromatic heterocycles. The number of nitrogens with one attached hydrogen (secondary N) is 1. The number of pyridine rings is 1. The first-order valence-corrected chi connectivity index (χ1v) is 10.6. The Morgan fingerprint density at radius 1 is 0.969 bits per heavy atom. The Hall–Kier alpha value is -3.71. The molecular weight excluding hydrogens is 423 g/mol. The zero-order valence-corrected chi connectivity index (χ0v) is 18.2. The van der Waals surface area contributed by atoms with Crippen LogP contribution in [0.3, 0.4) is 0 Å².